The number of benzene rings is 1. The van der Waals surface area contributed by atoms with Crippen molar-refractivity contribution in [1.29, 1.82) is 0 Å². The van der Waals surface area contributed by atoms with E-state index in [1.165, 1.54) is 7.11 Å². The van der Waals surface area contributed by atoms with E-state index in [2.05, 4.69) is 25.3 Å². The molecule has 1 atom stereocenters. The Morgan fingerprint density at radius 1 is 1.17 bits per heavy atom. The number of hydrogen-bond donors (Lipinski definition) is 2. The van der Waals surface area contributed by atoms with Crippen molar-refractivity contribution in [3.63, 3.8) is 0 Å². The predicted octanol–water partition coefficient (Wildman–Crippen LogP) is 2.41. The molecule has 1 aliphatic rings. The van der Waals surface area contributed by atoms with Crippen molar-refractivity contribution in [2.24, 2.45) is 4.99 Å². The van der Waals surface area contributed by atoms with E-state index in [1.807, 2.05) is 18.2 Å². The molecule has 0 bridgehead atoms. The number of ether oxygens (including phenoxy) is 3. The first-order valence-corrected chi connectivity index (χ1v) is 9.61. The minimum Gasteiger partial charge on any atom is -0.497 e. The number of rotatable bonds is 9. The molecule has 0 amide bonds. The Morgan fingerprint density at radius 3 is 2.45 bits per heavy atom. The van der Waals surface area contributed by atoms with Crippen LogP contribution in [0.25, 0.3) is 0 Å². The second kappa shape index (κ2) is 13.3. The van der Waals surface area contributed by atoms with Crippen molar-refractivity contribution in [1.82, 2.24) is 10.6 Å². The lowest BCUT2D eigenvalue weighted by atomic mass is 10.2. The number of halogens is 1. The third-order valence-electron chi connectivity index (χ3n) is 4.78. The Morgan fingerprint density at radius 2 is 1.86 bits per heavy atom. The van der Waals surface area contributed by atoms with Crippen molar-refractivity contribution in [2.45, 2.75) is 31.7 Å². The number of unbranched alkanes of at least 4 members (excludes halogenated alkanes) is 1. The van der Waals surface area contributed by atoms with Gasteiger partial charge in [0, 0.05) is 63.0 Å². The zero-order valence-corrected chi connectivity index (χ0v) is 20.0. The third kappa shape index (κ3) is 8.15. The minimum absolute atomic E-state index is 0. The molecule has 0 spiro atoms. The Kier molecular flexibility index (Phi) is 11.6. The predicted molar refractivity (Wildman–Crippen MR) is 126 cm³/mol. The summed E-state index contributed by atoms with van der Waals surface area (Å²) in [5.41, 5.74) is 1.09. The van der Waals surface area contributed by atoms with E-state index in [0.29, 0.717) is 12.5 Å². The van der Waals surface area contributed by atoms with Gasteiger partial charge in [-0.1, -0.05) is 0 Å². The van der Waals surface area contributed by atoms with Crippen molar-refractivity contribution >= 4 is 41.6 Å². The maximum atomic E-state index is 11.1. The average molecular weight is 520 g/mol. The number of anilines is 1. The molecule has 1 fully saturated rings. The monoisotopic (exact) mass is 520 g/mol. The van der Waals surface area contributed by atoms with Gasteiger partial charge in [0.1, 0.15) is 11.5 Å². The van der Waals surface area contributed by atoms with E-state index in [-0.39, 0.29) is 29.9 Å². The topological polar surface area (TPSA) is 84.4 Å². The van der Waals surface area contributed by atoms with Gasteiger partial charge in [0.05, 0.1) is 21.3 Å². The van der Waals surface area contributed by atoms with Crippen LogP contribution in [0, 0.1) is 0 Å². The average Bonchev–Trinajstić information content (AvgIpc) is 3.20. The molecule has 164 valence electrons. The van der Waals surface area contributed by atoms with E-state index in [9.17, 15) is 4.79 Å². The number of aliphatic imine (C=N–C) groups is 1. The first kappa shape index (κ1) is 25.1. The fourth-order valence-corrected chi connectivity index (χ4v) is 3.18. The number of guanidine groups is 1. The second-order valence-electron chi connectivity index (χ2n) is 6.68. The molecule has 9 heteroatoms. The SMILES string of the molecule is CN=C(NCCCCC(=O)OC)NC1CCN(c2cc(OC)cc(OC)c2)C1.I. The number of nitrogens with one attached hydrogen (secondary N) is 2. The van der Waals surface area contributed by atoms with Gasteiger partial charge in [-0.3, -0.25) is 9.79 Å². The molecule has 1 unspecified atom stereocenters. The molecule has 1 aliphatic heterocycles. The van der Waals surface area contributed by atoms with Crippen LogP contribution in [0.4, 0.5) is 5.69 Å². The number of carbonyl (C=O) groups excluding carboxylic acids is 1. The number of esters is 1. The summed E-state index contributed by atoms with van der Waals surface area (Å²) >= 11 is 0. The van der Waals surface area contributed by atoms with Crippen molar-refractivity contribution in [3.8, 4) is 11.5 Å². The van der Waals surface area contributed by atoms with E-state index in [1.54, 1.807) is 21.3 Å². The van der Waals surface area contributed by atoms with Gasteiger partial charge in [-0.15, -0.1) is 24.0 Å². The Balaban J connectivity index is 0.00000420. The molecule has 0 saturated carbocycles. The molecular formula is C20H33IN4O4. The Labute approximate surface area is 190 Å². The van der Waals surface area contributed by atoms with E-state index in [0.717, 1.165) is 62.0 Å². The summed E-state index contributed by atoms with van der Waals surface area (Å²) in [6, 6.07) is 6.23. The van der Waals surface area contributed by atoms with Crippen LogP contribution >= 0.6 is 24.0 Å². The molecule has 0 aliphatic carbocycles. The molecular weight excluding hydrogens is 487 g/mol. The van der Waals surface area contributed by atoms with Gasteiger partial charge in [0.15, 0.2) is 5.96 Å². The highest BCUT2D eigenvalue weighted by Crippen LogP contribution is 2.30. The van der Waals surface area contributed by atoms with Crippen LogP contribution in [0.3, 0.4) is 0 Å². The van der Waals surface area contributed by atoms with Crippen LogP contribution < -0.4 is 25.0 Å². The van der Waals surface area contributed by atoms with Crippen molar-refractivity contribution in [2.75, 3.05) is 52.9 Å². The van der Waals surface area contributed by atoms with Crippen LogP contribution in [0.5, 0.6) is 11.5 Å². The second-order valence-corrected chi connectivity index (χ2v) is 6.68. The fraction of sp³-hybridized carbons (Fsp3) is 0.600. The quantitative estimate of drug-likeness (QED) is 0.170. The maximum absolute atomic E-state index is 11.1. The zero-order chi connectivity index (χ0) is 20.4. The zero-order valence-electron chi connectivity index (χ0n) is 17.7. The lowest BCUT2D eigenvalue weighted by Crippen LogP contribution is -2.44. The summed E-state index contributed by atoms with van der Waals surface area (Å²) in [6.07, 6.45) is 3.15. The standard InChI is InChI=1S/C20H32N4O4.HI/c1-21-20(22-9-6-5-7-19(25)28-4)23-15-8-10-24(14-15)16-11-17(26-2)13-18(12-16)27-3;/h11-13,15H,5-10,14H2,1-4H3,(H2,21,22,23);1H. The first-order valence-electron chi connectivity index (χ1n) is 9.61. The fourth-order valence-electron chi connectivity index (χ4n) is 3.18. The summed E-state index contributed by atoms with van der Waals surface area (Å²) in [6.45, 7) is 2.59. The summed E-state index contributed by atoms with van der Waals surface area (Å²) in [7, 11) is 6.50. The molecule has 0 radical (unpaired) electrons. The molecule has 0 aromatic heterocycles. The minimum atomic E-state index is -0.164. The molecule has 2 rings (SSSR count). The van der Waals surface area contributed by atoms with Crippen LogP contribution in [0.1, 0.15) is 25.7 Å². The van der Waals surface area contributed by atoms with Gasteiger partial charge < -0.3 is 29.7 Å². The van der Waals surface area contributed by atoms with E-state index in [4.69, 9.17) is 9.47 Å². The van der Waals surface area contributed by atoms with Crippen LogP contribution in [-0.2, 0) is 9.53 Å². The highest BCUT2D eigenvalue weighted by molar-refractivity contribution is 14.0. The number of carbonyl (C=O) groups is 1. The van der Waals surface area contributed by atoms with Gasteiger partial charge in [-0.25, -0.2) is 0 Å². The summed E-state index contributed by atoms with van der Waals surface area (Å²) in [5, 5.41) is 6.78. The van der Waals surface area contributed by atoms with Crippen molar-refractivity contribution < 1.29 is 19.0 Å². The van der Waals surface area contributed by atoms with E-state index >= 15 is 0 Å². The smallest absolute Gasteiger partial charge is 0.305 e. The maximum Gasteiger partial charge on any atom is 0.305 e. The largest absolute Gasteiger partial charge is 0.497 e. The van der Waals surface area contributed by atoms with Gasteiger partial charge in [-0.2, -0.15) is 0 Å². The van der Waals surface area contributed by atoms with Gasteiger partial charge >= 0.3 is 5.97 Å². The summed E-state index contributed by atoms with van der Waals surface area (Å²) < 4.78 is 15.4. The van der Waals surface area contributed by atoms with E-state index < -0.39 is 0 Å². The van der Waals surface area contributed by atoms with Crippen LogP contribution in [0.15, 0.2) is 23.2 Å². The lowest BCUT2D eigenvalue weighted by Gasteiger charge is -2.21. The molecule has 8 nitrogen and oxygen atoms in total. The van der Waals surface area contributed by atoms with Crippen molar-refractivity contribution in [3.05, 3.63) is 18.2 Å². The van der Waals surface area contributed by atoms with Crippen LogP contribution in [0.2, 0.25) is 0 Å². The van der Waals surface area contributed by atoms with Gasteiger partial charge in [0.25, 0.3) is 0 Å². The molecule has 1 aromatic rings. The molecule has 1 saturated heterocycles. The number of hydrogen-bond acceptors (Lipinski definition) is 6. The Bertz CT molecular complexity index is 650. The Hall–Kier alpha value is -1.91. The number of methoxy groups -OCH3 is 3. The summed E-state index contributed by atoms with van der Waals surface area (Å²) in [5.74, 6) is 2.20. The highest BCUT2D eigenvalue weighted by atomic mass is 127. The normalized spacial score (nSPS) is 16.1. The van der Waals surface area contributed by atoms with Gasteiger partial charge in [0.2, 0.25) is 0 Å². The first-order chi connectivity index (χ1) is 13.6. The summed E-state index contributed by atoms with van der Waals surface area (Å²) in [4.78, 5) is 17.7. The highest BCUT2D eigenvalue weighted by Gasteiger charge is 2.24. The van der Waals surface area contributed by atoms with Crippen LogP contribution in [-0.4, -0.2) is 66.0 Å². The molecule has 29 heavy (non-hydrogen) atoms. The third-order valence-corrected chi connectivity index (χ3v) is 4.78. The molecule has 1 aromatic carbocycles. The molecule has 2 N–H and O–H groups in total. The number of nitrogens with zero attached hydrogens (tertiary/aromatic N) is 2. The van der Waals surface area contributed by atoms with Gasteiger partial charge in [-0.05, 0) is 19.3 Å². The lowest BCUT2D eigenvalue weighted by molar-refractivity contribution is -0.140. The molecule has 1 heterocycles.